The molecule has 2 N–H and O–H groups in total. The number of amides is 1. The van der Waals surface area contributed by atoms with Gasteiger partial charge in [0.15, 0.2) is 0 Å². The normalized spacial score (nSPS) is 29.1. The van der Waals surface area contributed by atoms with Crippen LogP contribution in [0.2, 0.25) is 0 Å². The van der Waals surface area contributed by atoms with Gasteiger partial charge in [-0.25, -0.2) is 0 Å². The molecule has 110 valence electrons. The second-order valence-corrected chi connectivity index (χ2v) is 6.39. The van der Waals surface area contributed by atoms with E-state index in [1.54, 1.807) is 0 Å². The Morgan fingerprint density at radius 3 is 2.42 bits per heavy atom. The molecule has 0 unspecified atom stereocenters. The molecule has 19 heavy (non-hydrogen) atoms. The zero-order valence-electron chi connectivity index (χ0n) is 12.4. The van der Waals surface area contributed by atoms with Crippen molar-refractivity contribution in [3.05, 3.63) is 0 Å². The van der Waals surface area contributed by atoms with Gasteiger partial charge < -0.3 is 10.6 Å². The molecule has 0 spiro atoms. The first-order chi connectivity index (χ1) is 9.29. The van der Waals surface area contributed by atoms with Crippen LogP contribution in [0.25, 0.3) is 0 Å². The molecule has 1 aliphatic carbocycles. The van der Waals surface area contributed by atoms with Crippen molar-refractivity contribution in [3.8, 4) is 0 Å². The SMILES string of the molecule is CCCCC1CCC(C(=O)NC2CCNCC2)CC1. The third-order valence-electron chi connectivity index (χ3n) is 4.87. The molecule has 0 radical (unpaired) electrons. The number of rotatable bonds is 5. The molecule has 3 nitrogen and oxygen atoms in total. The van der Waals surface area contributed by atoms with Crippen molar-refractivity contribution in [2.24, 2.45) is 11.8 Å². The minimum absolute atomic E-state index is 0.299. The third-order valence-corrected chi connectivity index (χ3v) is 4.87. The Labute approximate surface area is 117 Å². The summed E-state index contributed by atoms with van der Waals surface area (Å²) in [6, 6.07) is 0.423. The van der Waals surface area contributed by atoms with E-state index < -0.39 is 0 Å². The maximum Gasteiger partial charge on any atom is 0.223 e. The molecule has 0 aromatic rings. The van der Waals surface area contributed by atoms with Crippen LogP contribution < -0.4 is 10.6 Å². The van der Waals surface area contributed by atoms with E-state index in [-0.39, 0.29) is 0 Å². The van der Waals surface area contributed by atoms with Gasteiger partial charge >= 0.3 is 0 Å². The van der Waals surface area contributed by atoms with Crippen LogP contribution in [0.3, 0.4) is 0 Å². The van der Waals surface area contributed by atoms with Gasteiger partial charge in [0.05, 0.1) is 0 Å². The summed E-state index contributed by atoms with van der Waals surface area (Å²) in [6.07, 6.45) is 11.0. The van der Waals surface area contributed by atoms with Crippen molar-refractivity contribution in [1.29, 1.82) is 0 Å². The van der Waals surface area contributed by atoms with Crippen LogP contribution in [0.1, 0.15) is 64.7 Å². The Hall–Kier alpha value is -0.570. The molecule has 0 bridgehead atoms. The molecule has 2 rings (SSSR count). The maximum atomic E-state index is 12.3. The van der Waals surface area contributed by atoms with Gasteiger partial charge in [0.2, 0.25) is 5.91 Å². The second kappa shape index (κ2) is 7.88. The highest BCUT2D eigenvalue weighted by Crippen LogP contribution is 2.32. The van der Waals surface area contributed by atoms with Crippen LogP contribution in [0, 0.1) is 11.8 Å². The van der Waals surface area contributed by atoms with Gasteiger partial charge in [-0.2, -0.15) is 0 Å². The van der Waals surface area contributed by atoms with E-state index in [4.69, 9.17) is 0 Å². The number of carbonyl (C=O) groups excluding carboxylic acids is 1. The van der Waals surface area contributed by atoms with Crippen molar-refractivity contribution < 1.29 is 4.79 Å². The summed E-state index contributed by atoms with van der Waals surface area (Å²) in [5, 5.41) is 6.61. The van der Waals surface area contributed by atoms with Crippen molar-refractivity contribution in [2.75, 3.05) is 13.1 Å². The Bertz CT molecular complexity index is 266. The molecule has 1 saturated heterocycles. The van der Waals surface area contributed by atoms with Crippen LogP contribution in [0.4, 0.5) is 0 Å². The lowest BCUT2D eigenvalue weighted by atomic mass is 9.79. The second-order valence-electron chi connectivity index (χ2n) is 6.39. The van der Waals surface area contributed by atoms with Gasteiger partial charge in [0.1, 0.15) is 0 Å². The van der Waals surface area contributed by atoms with Crippen LogP contribution in [-0.4, -0.2) is 25.0 Å². The van der Waals surface area contributed by atoms with Gasteiger partial charge in [0.25, 0.3) is 0 Å². The summed E-state index contributed by atoms with van der Waals surface area (Å²) in [7, 11) is 0. The monoisotopic (exact) mass is 266 g/mol. The summed E-state index contributed by atoms with van der Waals surface area (Å²) < 4.78 is 0. The number of unbranched alkanes of at least 4 members (excludes halogenated alkanes) is 1. The molecular formula is C16H30N2O. The van der Waals surface area contributed by atoms with E-state index >= 15 is 0 Å². The number of piperidine rings is 1. The highest BCUT2D eigenvalue weighted by molar-refractivity contribution is 5.79. The van der Waals surface area contributed by atoms with Crippen molar-refractivity contribution >= 4 is 5.91 Å². The summed E-state index contributed by atoms with van der Waals surface area (Å²) >= 11 is 0. The average Bonchev–Trinajstić information content (AvgIpc) is 2.46. The van der Waals surface area contributed by atoms with Gasteiger partial charge in [-0.15, -0.1) is 0 Å². The lowest BCUT2D eigenvalue weighted by Crippen LogP contribution is -2.45. The Balaban J connectivity index is 1.67. The lowest BCUT2D eigenvalue weighted by molar-refractivity contribution is -0.127. The molecule has 0 aromatic carbocycles. The van der Waals surface area contributed by atoms with Crippen molar-refractivity contribution in [3.63, 3.8) is 0 Å². The van der Waals surface area contributed by atoms with E-state index in [1.807, 2.05) is 0 Å². The fourth-order valence-corrected chi connectivity index (χ4v) is 3.49. The fourth-order valence-electron chi connectivity index (χ4n) is 3.49. The van der Waals surface area contributed by atoms with Crippen molar-refractivity contribution in [1.82, 2.24) is 10.6 Å². The number of hydrogen-bond acceptors (Lipinski definition) is 2. The predicted octanol–water partition coefficient (Wildman–Crippen LogP) is 2.85. The van der Waals surface area contributed by atoms with E-state index in [0.717, 1.165) is 44.7 Å². The first-order valence-electron chi connectivity index (χ1n) is 8.30. The van der Waals surface area contributed by atoms with Crippen molar-refractivity contribution in [2.45, 2.75) is 70.8 Å². The van der Waals surface area contributed by atoms with E-state index in [0.29, 0.717) is 17.9 Å². The minimum Gasteiger partial charge on any atom is -0.353 e. The fraction of sp³-hybridized carbons (Fsp3) is 0.938. The number of nitrogens with one attached hydrogen (secondary N) is 2. The molecule has 1 saturated carbocycles. The summed E-state index contributed by atoms with van der Waals surface area (Å²) in [5.41, 5.74) is 0. The molecule has 1 aliphatic heterocycles. The number of hydrogen-bond donors (Lipinski definition) is 2. The first-order valence-corrected chi connectivity index (χ1v) is 8.30. The molecule has 1 amide bonds. The summed E-state index contributed by atoms with van der Waals surface area (Å²) in [6.45, 7) is 4.36. The third kappa shape index (κ3) is 4.79. The topological polar surface area (TPSA) is 41.1 Å². The van der Waals surface area contributed by atoms with Crippen LogP contribution >= 0.6 is 0 Å². The highest BCUT2D eigenvalue weighted by Gasteiger charge is 2.27. The predicted molar refractivity (Wildman–Crippen MR) is 79.0 cm³/mol. The van der Waals surface area contributed by atoms with Gasteiger partial charge in [-0.1, -0.05) is 26.2 Å². The highest BCUT2D eigenvalue weighted by atomic mass is 16.1. The van der Waals surface area contributed by atoms with Gasteiger partial charge in [-0.05, 0) is 57.5 Å². The summed E-state index contributed by atoms with van der Waals surface area (Å²) in [4.78, 5) is 12.3. The first kappa shape index (κ1) is 14.8. The van der Waals surface area contributed by atoms with Gasteiger partial charge in [0, 0.05) is 12.0 Å². The molecule has 0 aromatic heterocycles. The van der Waals surface area contributed by atoms with E-state index in [1.165, 1.54) is 32.1 Å². The average molecular weight is 266 g/mol. The molecule has 1 heterocycles. The zero-order chi connectivity index (χ0) is 13.5. The maximum absolute atomic E-state index is 12.3. The molecule has 3 heteroatoms. The standard InChI is InChI=1S/C16H30N2O/c1-2-3-4-13-5-7-14(8-6-13)16(19)18-15-9-11-17-12-10-15/h13-15,17H,2-12H2,1H3,(H,18,19). The van der Waals surface area contributed by atoms with Crippen LogP contribution in [-0.2, 0) is 4.79 Å². The number of carbonyl (C=O) groups is 1. The van der Waals surface area contributed by atoms with E-state index in [2.05, 4.69) is 17.6 Å². The lowest BCUT2D eigenvalue weighted by Gasteiger charge is -2.30. The zero-order valence-corrected chi connectivity index (χ0v) is 12.4. The largest absolute Gasteiger partial charge is 0.353 e. The molecule has 2 fully saturated rings. The van der Waals surface area contributed by atoms with Crippen LogP contribution in [0.5, 0.6) is 0 Å². The molecule has 0 atom stereocenters. The van der Waals surface area contributed by atoms with Gasteiger partial charge in [-0.3, -0.25) is 4.79 Å². The Kier molecular flexibility index (Phi) is 6.15. The van der Waals surface area contributed by atoms with E-state index in [9.17, 15) is 4.79 Å². The quantitative estimate of drug-likeness (QED) is 0.803. The Morgan fingerprint density at radius 1 is 1.11 bits per heavy atom. The molecule has 2 aliphatic rings. The minimum atomic E-state index is 0.299. The van der Waals surface area contributed by atoms with Crippen LogP contribution in [0.15, 0.2) is 0 Å². The summed E-state index contributed by atoms with van der Waals surface area (Å²) in [5.74, 6) is 1.52. The molecular weight excluding hydrogens is 236 g/mol. The Morgan fingerprint density at radius 2 is 1.79 bits per heavy atom. The smallest absolute Gasteiger partial charge is 0.223 e.